The Balaban J connectivity index is 1.53. The first-order valence-corrected chi connectivity index (χ1v) is 9.53. The maximum atomic E-state index is 12.3. The van der Waals surface area contributed by atoms with Crippen LogP contribution in [0.15, 0.2) is 0 Å². The number of carbonyl (C=O) groups is 1. The van der Waals surface area contributed by atoms with Gasteiger partial charge in [0.05, 0.1) is 5.69 Å². The molecule has 1 amide bonds. The second-order valence-corrected chi connectivity index (χ2v) is 7.85. The fourth-order valence-corrected chi connectivity index (χ4v) is 4.69. The third-order valence-electron chi connectivity index (χ3n) is 5.04. The van der Waals surface area contributed by atoms with Crippen LogP contribution in [0.25, 0.3) is 0 Å². The maximum absolute atomic E-state index is 12.3. The van der Waals surface area contributed by atoms with E-state index in [-0.39, 0.29) is 5.91 Å². The lowest BCUT2D eigenvalue weighted by Gasteiger charge is -2.27. The lowest BCUT2D eigenvalue weighted by molar-refractivity contribution is -0.117. The van der Waals surface area contributed by atoms with Crippen LogP contribution >= 0.6 is 11.3 Å². The van der Waals surface area contributed by atoms with Crippen molar-refractivity contribution >= 4 is 22.4 Å². The van der Waals surface area contributed by atoms with E-state index in [0.717, 1.165) is 31.1 Å². The summed E-state index contributed by atoms with van der Waals surface area (Å²) >= 11 is 1.69. The highest BCUT2D eigenvalue weighted by Gasteiger charge is 2.23. The van der Waals surface area contributed by atoms with Crippen molar-refractivity contribution in [2.75, 3.05) is 18.4 Å². The third-order valence-corrected chi connectivity index (χ3v) is 6.11. The van der Waals surface area contributed by atoms with Crippen LogP contribution in [-0.4, -0.2) is 24.0 Å². The van der Waals surface area contributed by atoms with Gasteiger partial charge in [0, 0.05) is 11.3 Å². The number of nitrogens with one attached hydrogen (secondary N) is 2. The van der Waals surface area contributed by atoms with E-state index in [9.17, 15) is 4.79 Å². The van der Waals surface area contributed by atoms with Crippen LogP contribution in [-0.2, 0) is 17.6 Å². The molecular weight excluding hydrogens is 294 g/mol. The lowest BCUT2D eigenvalue weighted by atomic mass is 9.84. The maximum Gasteiger partial charge on any atom is 0.226 e. The Hall–Kier alpha value is -0.940. The lowest BCUT2D eigenvalue weighted by Crippen LogP contribution is -2.32. The second-order valence-electron chi connectivity index (χ2n) is 6.77. The molecule has 1 unspecified atom stereocenters. The quantitative estimate of drug-likeness (QED) is 0.836. The Labute approximate surface area is 137 Å². The minimum absolute atomic E-state index is 0.134. The van der Waals surface area contributed by atoms with Gasteiger partial charge in [-0.25, -0.2) is 4.98 Å². The van der Waals surface area contributed by atoms with Crippen LogP contribution in [0.1, 0.15) is 56.0 Å². The summed E-state index contributed by atoms with van der Waals surface area (Å²) in [4.78, 5) is 18.3. The zero-order valence-electron chi connectivity index (χ0n) is 13.5. The van der Waals surface area contributed by atoms with Gasteiger partial charge in [-0.05, 0) is 63.5 Å². The van der Waals surface area contributed by atoms with Crippen molar-refractivity contribution in [3.63, 3.8) is 0 Å². The van der Waals surface area contributed by atoms with Crippen LogP contribution in [0.5, 0.6) is 0 Å². The number of anilines is 1. The highest BCUT2D eigenvalue weighted by Crippen LogP contribution is 2.30. The van der Waals surface area contributed by atoms with Gasteiger partial charge in [0.15, 0.2) is 5.13 Å². The Morgan fingerprint density at radius 2 is 2.09 bits per heavy atom. The van der Waals surface area contributed by atoms with Crippen molar-refractivity contribution in [2.45, 2.75) is 58.3 Å². The summed E-state index contributed by atoms with van der Waals surface area (Å²) in [6, 6.07) is 0. The van der Waals surface area contributed by atoms with Gasteiger partial charge in [-0.15, -0.1) is 11.3 Å². The van der Waals surface area contributed by atoms with E-state index in [1.807, 2.05) is 0 Å². The molecule has 1 saturated heterocycles. The zero-order valence-corrected chi connectivity index (χ0v) is 14.3. The Kier molecular flexibility index (Phi) is 5.47. The summed E-state index contributed by atoms with van der Waals surface area (Å²) in [5.41, 5.74) is 1.23. The Morgan fingerprint density at radius 1 is 1.32 bits per heavy atom. The predicted octanol–water partition coefficient (Wildman–Crippen LogP) is 3.38. The van der Waals surface area contributed by atoms with Crippen LogP contribution in [0.3, 0.4) is 0 Å². The summed E-state index contributed by atoms with van der Waals surface area (Å²) in [5.74, 6) is 1.27. The van der Waals surface area contributed by atoms with Gasteiger partial charge in [-0.3, -0.25) is 4.79 Å². The number of hydrogen-bond acceptors (Lipinski definition) is 4. The molecule has 5 heteroatoms. The first-order chi connectivity index (χ1) is 10.7. The standard InChI is InChI=1S/C17H27N3OS/c1-12(13-7-9-18-10-8-13)11-16(21)20-17-19-14-5-3-2-4-6-15(14)22-17/h12-13,18H,2-11H2,1H3,(H,19,20,21). The first kappa shape index (κ1) is 15.9. The number of carbonyl (C=O) groups excluding carboxylic acids is 1. The van der Waals surface area contributed by atoms with Crippen molar-refractivity contribution in [1.29, 1.82) is 0 Å². The van der Waals surface area contributed by atoms with Gasteiger partial charge in [0.2, 0.25) is 5.91 Å². The number of aromatic nitrogens is 1. The number of thiazole rings is 1. The number of amides is 1. The summed E-state index contributed by atoms with van der Waals surface area (Å²) in [6.45, 7) is 4.40. The van der Waals surface area contributed by atoms with Crippen LogP contribution < -0.4 is 10.6 Å². The van der Waals surface area contributed by atoms with Crippen molar-refractivity contribution in [3.05, 3.63) is 10.6 Å². The highest BCUT2D eigenvalue weighted by molar-refractivity contribution is 7.15. The Bertz CT molecular complexity index is 485. The molecule has 2 heterocycles. The van der Waals surface area contributed by atoms with E-state index >= 15 is 0 Å². The van der Waals surface area contributed by atoms with Crippen molar-refractivity contribution in [3.8, 4) is 0 Å². The van der Waals surface area contributed by atoms with E-state index in [4.69, 9.17) is 0 Å². The van der Waals surface area contributed by atoms with Crippen molar-refractivity contribution in [1.82, 2.24) is 10.3 Å². The molecule has 0 saturated carbocycles. The monoisotopic (exact) mass is 321 g/mol. The fraction of sp³-hybridized carbons (Fsp3) is 0.765. The average molecular weight is 321 g/mol. The molecule has 1 aromatic heterocycles. The first-order valence-electron chi connectivity index (χ1n) is 8.71. The highest BCUT2D eigenvalue weighted by atomic mass is 32.1. The topological polar surface area (TPSA) is 54.0 Å². The van der Waals surface area contributed by atoms with Crippen molar-refractivity contribution in [2.24, 2.45) is 11.8 Å². The molecule has 0 spiro atoms. The molecule has 122 valence electrons. The largest absolute Gasteiger partial charge is 0.317 e. The molecule has 4 nitrogen and oxygen atoms in total. The Morgan fingerprint density at radius 3 is 2.91 bits per heavy atom. The zero-order chi connectivity index (χ0) is 15.4. The molecule has 0 radical (unpaired) electrons. The minimum atomic E-state index is 0.134. The van der Waals surface area contributed by atoms with E-state index in [1.165, 1.54) is 42.7 Å². The number of rotatable bonds is 4. The second kappa shape index (κ2) is 7.55. The van der Waals surface area contributed by atoms with Gasteiger partial charge < -0.3 is 10.6 Å². The number of fused-ring (bicyclic) bond motifs is 1. The van der Waals surface area contributed by atoms with Crippen LogP contribution in [0, 0.1) is 11.8 Å². The van der Waals surface area contributed by atoms with Gasteiger partial charge >= 0.3 is 0 Å². The molecule has 0 aromatic carbocycles. The van der Waals surface area contributed by atoms with E-state index < -0.39 is 0 Å². The molecule has 22 heavy (non-hydrogen) atoms. The fourth-order valence-electron chi connectivity index (χ4n) is 3.62. The van der Waals surface area contributed by atoms with Gasteiger partial charge in [0.25, 0.3) is 0 Å². The summed E-state index contributed by atoms with van der Waals surface area (Å²) in [7, 11) is 0. The molecule has 1 aromatic rings. The third kappa shape index (κ3) is 4.07. The summed E-state index contributed by atoms with van der Waals surface area (Å²) < 4.78 is 0. The molecule has 2 aliphatic rings. The number of aryl methyl sites for hydroxylation is 2. The van der Waals surface area contributed by atoms with E-state index in [1.54, 1.807) is 11.3 Å². The van der Waals surface area contributed by atoms with E-state index in [0.29, 0.717) is 18.3 Å². The SMILES string of the molecule is CC(CC(=O)Nc1nc2c(s1)CCCCC2)C1CCNCC1. The minimum Gasteiger partial charge on any atom is -0.317 e. The number of piperidine rings is 1. The molecule has 1 atom stereocenters. The normalized spacial score (nSPS) is 21.0. The average Bonchev–Trinajstić information content (AvgIpc) is 2.76. The van der Waals surface area contributed by atoms with Gasteiger partial charge in [-0.1, -0.05) is 13.3 Å². The molecule has 0 bridgehead atoms. The van der Waals surface area contributed by atoms with E-state index in [2.05, 4.69) is 22.5 Å². The summed E-state index contributed by atoms with van der Waals surface area (Å²) in [5, 5.41) is 7.24. The van der Waals surface area contributed by atoms with Crippen LogP contribution in [0.2, 0.25) is 0 Å². The van der Waals surface area contributed by atoms with Gasteiger partial charge in [0.1, 0.15) is 0 Å². The molecular formula is C17H27N3OS. The smallest absolute Gasteiger partial charge is 0.226 e. The summed E-state index contributed by atoms with van der Waals surface area (Å²) in [6.07, 6.45) is 9.02. The molecule has 1 fully saturated rings. The van der Waals surface area contributed by atoms with Crippen LogP contribution in [0.4, 0.5) is 5.13 Å². The number of nitrogens with zero attached hydrogens (tertiary/aromatic N) is 1. The molecule has 1 aliphatic heterocycles. The molecule has 3 rings (SSSR count). The predicted molar refractivity (Wildman–Crippen MR) is 91.4 cm³/mol. The van der Waals surface area contributed by atoms with Crippen molar-refractivity contribution < 1.29 is 4.79 Å². The van der Waals surface area contributed by atoms with Gasteiger partial charge in [-0.2, -0.15) is 0 Å². The number of hydrogen-bond donors (Lipinski definition) is 2. The molecule has 2 N–H and O–H groups in total. The molecule has 1 aliphatic carbocycles.